The van der Waals surface area contributed by atoms with Crippen LogP contribution in [-0.2, 0) is 15.4 Å². The van der Waals surface area contributed by atoms with Gasteiger partial charge in [0.2, 0.25) is 0 Å². The quantitative estimate of drug-likeness (QED) is 0.566. The number of thiophene rings is 1. The predicted octanol–water partition coefficient (Wildman–Crippen LogP) is 3.06. The molecule has 2 nitrogen and oxygen atoms in total. The number of carbonyl (C=O) groups is 1. The summed E-state index contributed by atoms with van der Waals surface area (Å²) >= 11 is 7.17. The maximum atomic E-state index is 9.82. The van der Waals surface area contributed by atoms with E-state index < -0.39 is 0 Å². The molecule has 0 fully saturated rings. The topological polar surface area (TPSA) is 26.3 Å². The molecule has 0 saturated carbocycles. The van der Waals surface area contributed by atoms with E-state index >= 15 is 0 Å². The predicted molar refractivity (Wildman–Crippen MR) is 56.2 cm³/mol. The summed E-state index contributed by atoms with van der Waals surface area (Å²) in [5.74, 6) is 0.440. The van der Waals surface area contributed by atoms with Crippen molar-refractivity contribution in [2.75, 3.05) is 6.61 Å². The minimum absolute atomic E-state index is 0.211. The molecule has 0 aliphatic rings. The van der Waals surface area contributed by atoms with Crippen LogP contribution in [0.2, 0.25) is 0 Å². The van der Waals surface area contributed by atoms with Gasteiger partial charge >= 0.3 is 5.97 Å². The third kappa shape index (κ3) is 7.81. The van der Waals surface area contributed by atoms with Crippen molar-refractivity contribution >= 4 is 28.9 Å². The molecule has 13 heavy (non-hydrogen) atoms. The zero-order chi connectivity index (χ0) is 10.1. The lowest BCUT2D eigenvalue weighted by Gasteiger charge is -1.89. The molecule has 0 amide bonds. The van der Waals surface area contributed by atoms with E-state index in [1.54, 1.807) is 18.3 Å². The minimum atomic E-state index is -0.211. The van der Waals surface area contributed by atoms with Gasteiger partial charge in [0.1, 0.15) is 0 Å². The van der Waals surface area contributed by atoms with E-state index in [4.69, 9.17) is 11.6 Å². The van der Waals surface area contributed by atoms with Gasteiger partial charge in [-0.1, -0.05) is 6.07 Å². The number of halogens is 1. The van der Waals surface area contributed by atoms with Crippen molar-refractivity contribution in [3.8, 4) is 0 Å². The van der Waals surface area contributed by atoms with Crippen molar-refractivity contribution in [2.45, 2.75) is 19.7 Å². The number of alkyl halides is 1. The summed E-state index contributed by atoms with van der Waals surface area (Å²) in [5, 5.41) is 2.03. The average Bonchev–Trinajstić information content (AvgIpc) is 2.56. The van der Waals surface area contributed by atoms with Gasteiger partial charge < -0.3 is 4.74 Å². The minimum Gasteiger partial charge on any atom is -0.466 e. The van der Waals surface area contributed by atoms with Gasteiger partial charge in [-0.25, -0.2) is 0 Å². The van der Waals surface area contributed by atoms with Crippen LogP contribution in [0.4, 0.5) is 0 Å². The Labute approximate surface area is 87.5 Å². The van der Waals surface area contributed by atoms with Gasteiger partial charge in [-0.2, -0.15) is 0 Å². The van der Waals surface area contributed by atoms with Crippen molar-refractivity contribution in [1.29, 1.82) is 0 Å². The van der Waals surface area contributed by atoms with Crippen LogP contribution < -0.4 is 0 Å². The molecule has 74 valence electrons. The number of hydrogen-bond donors (Lipinski definition) is 0. The molecule has 1 rings (SSSR count). The summed E-state index contributed by atoms with van der Waals surface area (Å²) in [6, 6.07) is 4.03. The Morgan fingerprint density at radius 1 is 1.69 bits per heavy atom. The maximum absolute atomic E-state index is 9.82. The molecule has 0 atom stereocenters. The highest BCUT2D eigenvalue weighted by Gasteiger charge is 1.84. The molecule has 0 spiro atoms. The van der Waals surface area contributed by atoms with Gasteiger partial charge in [-0.05, 0) is 18.4 Å². The van der Waals surface area contributed by atoms with Crippen LogP contribution >= 0.6 is 22.9 Å². The van der Waals surface area contributed by atoms with Crippen LogP contribution in [0, 0.1) is 0 Å². The number of ether oxygens (including phenoxy) is 1. The van der Waals surface area contributed by atoms with Crippen molar-refractivity contribution in [3.63, 3.8) is 0 Å². The number of hydrogen-bond acceptors (Lipinski definition) is 3. The van der Waals surface area contributed by atoms with E-state index in [1.807, 2.05) is 17.5 Å². The van der Waals surface area contributed by atoms with Crippen LogP contribution in [-0.4, -0.2) is 12.6 Å². The molecule has 0 aromatic carbocycles. The summed E-state index contributed by atoms with van der Waals surface area (Å²) < 4.78 is 4.40. The van der Waals surface area contributed by atoms with Crippen LogP contribution in [0.1, 0.15) is 18.7 Å². The lowest BCUT2D eigenvalue weighted by Crippen LogP contribution is -1.95. The Morgan fingerprint density at radius 2 is 2.38 bits per heavy atom. The normalized spacial score (nSPS) is 8.54. The third-order valence-corrected chi connectivity index (χ3v) is 2.38. The van der Waals surface area contributed by atoms with Crippen molar-refractivity contribution in [3.05, 3.63) is 22.4 Å². The number of rotatable bonds is 2. The van der Waals surface area contributed by atoms with Crippen molar-refractivity contribution in [1.82, 2.24) is 0 Å². The Bertz CT molecular complexity index is 222. The van der Waals surface area contributed by atoms with E-state index in [-0.39, 0.29) is 5.97 Å². The van der Waals surface area contributed by atoms with Gasteiger partial charge in [-0.3, -0.25) is 4.79 Å². The second-order valence-corrected chi connectivity index (χ2v) is 3.44. The molecule has 0 aliphatic carbocycles. The first kappa shape index (κ1) is 12.5. The zero-order valence-electron chi connectivity index (χ0n) is 7.75. The molecule has 4 heteroatoms. The largest absolute Gasteiger partial charge is 0.466 e. The standard InChI is InChI=1S/C5H5ClS.C4H8O2/c6-4-5-2-1-3-7-5;1-3-6-4(2)5/h1-3H,4H2;3H2,1-2H3. The van der Waals surface area contributed by atoms with Crippen molar-refractivity contribution in [2.24, 2.45) is 0 Å². The van der Waals surface area contributed by atoms with Crippen LogP contribution in [0.5, 0.6) is 0 Å². The molecule has 1 aromatic rings. The highest BCUT2D eigenvalue weighted by molar-refractivity contribution is 7.10. The van der Waals surface area contributed by atoms with Gasteiger partial charge in [0, 0.05) is 11.8 Å². The fourth-order valence-electron chi connectivity index (χ4n) is 0.592. The van der Waals surface area contributed by atoms with E-state index in [9.17, 15) is 4.79 Å². The second kappa shape index (κ2) is 8.08. The van der Waals surface area contributed by atoms with E-state index in [0.717, 1.165) is 0 Å². The summed E-state index contributed by atoms with van der Waals surface area (Å²) in [6.07, 6.45) is 0. The molecule has 0 unspecified atom stereocenters. The van der Waals surface area contributed by atoms with Gasteiger partial charge in [0.25, 0.3) is 0 Å². The Kier molecular flexibility index (Phi) is 7.74. The van der Waals surface area contributed by atoms with Crippen LogP contribution in [0.3, 0.4) is 0 Å². The SMILES string of the molecule is CCOC(C)=O.ClCc1cccs1. The van der Waals surface area contributed by atoms with Gasteiger partial charge in [0.15, 0.2) is 0 Å². The molecule has 0 aliphatic heterocycles. The summed E-state index contributed by atoms with van der Waals surface area (Å²) in [6.45, 7) is 3.65. The fraction of sp³-hybridized carbons (Fsp3) is 0.444. The first-order chi connectivity index (χ1) is 6.20. The van der Waals surface area contributed by atoms with E-state index in [2.05, 4.69) is 4.74 Å². The lowest BCUT2D eigenvalue weighted by molar-refractivity contribution is -0.140. The summed E-state index contributed by atoms with van der Waals surface area (Å²) in [5.41, 5.74) is 0. The van der Waals surface area contributed by atoms with Gasteiger partial charge in [0.05, 0.1) is 12.5 Å². The highest BCUT2D eigenvalue weighted by Crippen LogP contribution is 2.09. The molecule has 1 aromatic heterocycles. The number of carbonyl (C=O) groups excluding carboxylic acids is 1. The first-order valence-electron chi connectivity index (χ1n) is 3.92. The summed E-state index contributed by atoms with van der Waals surface area (Å²) in [7, 11) is 0. The highest BCUT2D eigenvalue weighted by atomic mass is 35.5. The molecular weight excluding hydrogens is 208 g/mol. The molecule has 0 N–H and O–H groups in total. The molecule has 0 bridgehead atoms. The third-order valence-electron chi connectivity index (χ3n) is 1.06. The Balaban J connectivity index is 0.000000226. The fourth-order valence-corrected chi connectivity index (χ4v) is 1.42. The zero-order valence-corrected chi connectivity index (χ0v) is 9.32. The first-order valence-corrected chi connectivity index (χ1v) is 5.33. The van der Waals surface area contributed by atoms with Crippen LogP contribution in [0.15, 0.2) is 17.5 Å². The molecule has 0 radical (unpaired) electrons. The lowest BCUT2D eigenvalue weighted by atomic mass is 10.5. The molecule has 0 saturated heterocycles. The second-order valence-electron chi connectivity index (χ2n) is 2.14. The van der Waals surface area contributed by atoms with Crippen molar-refractivity contribution < 1.29 is 9.53 Å². The Morgan fingerprint density at radius 3 is 2.54 bits per heavy atom. The van der Waals surface area contributed by atoms with Crippen LogP contribution in [0.25, 0.3) is 0 Å². The number of esters is 1. The average molecular weight is 221 g/mol. The maximum Gasteiger partial charge on any atom is 0.302 e. The molecule has 1 heterocycles. The monoisotopic (exact) mass is 220 g/mol. The van der Waals surface area contributed by atoms with E-state index in [0.29, 0.717) is 12.5 Å². The molecular formula is C9H13ClO2S. The Hall–Kier alpha value is -0.540. The van der Waals surface area contributed by atoms with Gasteiger partial charge in [-0.15, -0.1) is 22.9 Å². The van der Waals surface area contributed by atoms with E-state index in [1.165, 1.54) is 11.8 Å². The summed E-state index contributed by atoms with van der Waals surface area (Å²) in [4.78, 5) is 11.1. The smallest absolute Gasteiger partial charge is 0.302 e.